The van der Waals surface area contributed by atoms with Crippen LogP contribution in [0.3, 0.4) is 0 Å². The molecule has 0 fully saturated rings. The van der Waals surface area contributed by atoms with Crippen LogP contribution < -0.4 is 11.1 Å². The lowest BCUT2D eigenvalue weighted by molar-refractivity contribution is -0.141. The summed E-state index contributed by atoms with van der Waals surface area (Å²) in [6.07, 6.45) is -4.33. The number of halogens is 4. The van der Waals surface area contributed by atoms with Crippen molar-refractivity contribution >= 4 is 11.7 Å². The molecular formula is C28H21F4N5O. The summed E-state index contributed by atoms with van der Waals surface area (Å²) in [6, 6.07) is 21.3. The van der Waals surface area contributed by atoms with Crippen molar-refractivity contribution < 1.29 is 22.4 Å². The minimum absolute atomic E-state index is 0.176. The molecule has 2 aromatic heterocycles. The largest absolute Gasteiger partial charge is 0.433 e. The molecule has 0 bridgehead atoms. The molecule has 0 aliphatic carbocycles. The van der Waals surface area contributed by atoms with Crippen LogP contribution in [0.2, 0.25) is 0 Å². The number of benzene rings is 2. The molecule has 192 valence electrons. The molecule has 6 nitrogen and oxygen atoms in total. The van der Waals surface area contributed by atoms with Crippen LogP contribution in [0, 0.1) is 17.1 Å². The van der Waals surface area contributed by atoms with Gasteiger partial charge in [-0.3, -0.25) is 4.79 Å². The van der Waals surface area contributed by atoms with Gasteiger partial charge < -0.3 is 11.1 Å². The summed E-state index contributed by atoms with van der Waals surface area (Å²) < 4.78 is 53.6. The van der Waals surface area contributed by atoms with Gasteiger partial charge in [-0.2, -0.15) is 18.4 Å². The summed E-state index contributed by atoms with van der Waals surface area (Å²) >= 11 is 0. The van der Waals surface area contributed by atoms with Gasteiger partial charge in [-0.25, -0.2) is 14.4 Å². The van der Waals surface area contributed by atoms with E-state index in [2.05, 4.69) is 21.4 Å². The highest BCUT2D eigenvalue weighted by Crippen LogP contribution is 2.34. The van der Waals surface area contributed by atoms with E-state index in [0.29, 0.717) is 28.8 Å². The van der Waals surface area contributed by atoms with Gasteiger partial charge in [0.2, 0.25) is 5.91 Å². The van der Waals surface area contributed by atoms with Crippen molar-refractivity contribution in [2.24, 2.45) is 5.73 Å². The Morgan fingerprint density at radius 1 is 1.00 bits per heavy atom. The summed E-state index contributed by atoms with van der Waals surface area (Å²) in [5, 5.41) is 12.6. The van der Waals surface area contributed by atoms with Gasteiger partial charge in [0, 0.05) is 17.7 Å². The van der Waals surface area contributed by atoms with Crippen molar-refractivity contribution in [3.63, 3.8) is 0 Å². The molecule has 0 aliphatic rings. The van der Waals surface area contributed by atoms with Crippen molar-refractivity contribution in [2.45, 2.75) is 18.5 Å². The van der Waals surface area contributed by atoms with E-state index in [1.165, 1.54) is 24.3 Å². The molecular weight excluding hydrogens is 498 g/mol. The molecule has 1 amide bonds. The highest BCUT2D eigenvalue weighted by Gasteiger charge is 2.34. The second kappa shape index (κ2) is 11.1. The van der Waals surface area contributed by atoms with Crippen LogP contribution in [0.4, 0.5) is 23.4 Å². The van der Waals surface area contributed by atoms with Crippen LogP contribution in [-0.2, 0) is 17.4 Å². The number of hydrogen-bond acceptors (Lipinski definition) is 5. The minimum Gasteiger partial charge on any atom is -0.369 e. The summed E-state index contributed by atoms with van der Waals surface area (Å²) in [7, 11) is 0. The number of amides is 1. The Hall–Kier alpha value is -4.78. The van der Waals surface area contributed by atoms with Crippen LogP contribution in [0.15, 0.2) is 78.9 Å². The number of anilines is 1. The van der Waals surface area contributed by atoms with Crippen LogP contribution in [0.5, 0.6) is 0 Å². The average molecular weight is 520 g/mol. The van der Waals surface area contributed by atoms with Crippen molar-refractivity contribution in [1.29, 1.82) is 5.26 Å². The number of carbonyl (C=O) groups excluding carboxylic acids is 1. The Kier molecular flexibility index (Phi) is 7.67. The fourth-order valence-electron chi connectivity index (χ4n) is 4.04. The molecule has 2 heterocycles. The normalized spacial score (nSPS) is 12.0. The van der Waals surface area contributed by atoms with Gasteiger partial charge in [-0.05, 0) is 48.4 Å². The van der Waals surface area contributed by atoms with Crippen molar-refractivity contribution in [3.8, 4) is 17.3 Å². The highest BCUT2D eigenvalue weighted by atomic mass is 19.4. The zero-order chi connectivity index (χ0) is 27.3. The van der Waals surface area contributed by atoms with Gasteiger partial charge in [-0.15, -0.1) is 0 Å². The lowest BCUT2D eigenvalue weighted by Crippen LogP contribution is -2.26. The zero-order valence-corrected chi connectivity index (χ0v) is 19.8. The number of rotatable bonds is 8. The number of nitrogens with one attached hydrogen (secondary N) is 1. The van der Waals surface area contributed by atoms with E-state index >= 15 is 0 Å². The first-order valence-electron chi connectivity index (χ1n) is 11.5. The molecule has 0 aliphatic heterocycles. The van der Waals surface area contributed by atoms with Crippen molar-refractivity contribution in [1.82, 2.24) is 9.97 Å². The van der Waals surface area contributed by atoms with E-state index in [1.54, 1.807) is 42.5 Å². The highest BCUT2D eigenvalue weighted by molar-refractivity contribution is 5.87. The molecule has 4 rings (SSSR count). The summed E-state index contributed by atoms with van der Waals surface area (Å²) in [5.41, 5.74) is 6.53. The molecule has 1 unspecified atom stereocenters. The number of pyridine rings is 2. The second-order valence-electron chi connectivity index (χ2n) is 8.38. The number of alkyl halides is 3. The molecule has 4 aromatic rings. The Morgan fingerprint density at radius 3 is 2.47 bits per heavy atom. The molecule has 0 spiro atoms. The monoisotopic (exact) mass is 519 g/mol. The van der Waals surface area contributed by atoms with E-state index in [9.17, 15) is 27.6 Å². The van der Waals surface area contributed by atoms with E-state index in [1.807, 2.05) is 0 Å². The topological polar surface area (TPSA) is 105 Å². The number of nitrogens with zero attached hydrogens (tertiary/aromatic N) is 3. The minimum atomic E-state index is -4.71. The first-order valence-corrected chi connectivity index (χ1v) is 11.5. The maximum Gasteiger partial charge on any atom is 0.433 e. The Labute approximate surface area is 215 Å². The quantitative estimate of drug-likeness (QED) is 0.302. The smallest absolute Gasteiger partial charge is 0.369 e. The number of nitrogens with two attached hydrogens (primary N) is 1. The standard InChI is InChI=1S/C28H21F4N5O/c29-19-7-3-5-17(15-19)13-14-35-27-21(11-12-22(37-27)20-8-2-1-6-18(20)16-33)25(26(34)38)23-9-4-10-24(36-23)28(30,31)32/h1-12,15,25H,13-14H2,(H2,34,38)(H,35,37). The Morgan fingerprint density at radius 2 is 1.76 bits per heavy atom. The molecule has 1 atom stereocenters. The fraction of sp³-hybridized carbons (Fsp3) is 0.143. The predicted octanol–water partition coefficient (Wildman–Crippen LogP) is 5.44. The summed E-state index contributed by atoms with van der Waals surface area (Å²) in [6.45, 7) is 0.258. The number of primary amides is 1. The molecule has 0 saturated heterocycles. The lowest BCUT2D eigenvalue weighted by atomic mass is 9.93. The van der Waals surface area contributed by atoms with E-state index in [0.717, 1.165) is 12.1 Å². The van der Waals surface area contributed by atoms with Gasteiger partial charge in [-0.1, -0.05) is 42.5 Å². The maximum atomic E-state index is 13.6. The van der Waals surface area contributed by atoms with Gasteiger partial charge in [0.25, 0.3) is 0 Å². The van der Waals surface area contributed by atoms with Gasteiger partial charge in [0.15, 0.2) is 0 Å². The number of carbonyl (C=O) groups is 1. The van der Waals surface area contributed by atoms with Crippen LogP contribution in [-0.4, -0.2) is 22.4 Å². The molecule has 0 saturated carbocycles. The molecule has 0 radical (unpaired) electrons. The number of aromatic nitrogens is 2. The zero-order valence-electron chi connectivity index (χ0n) is 19.8. The van der Waals surface area contributed by atoms with Crippen molar-refractivity contribution in [3.05, 3.63) is 113 Å². The molecule has 2 aromatic carbocycles. The van der Waals surface area contributed by atoms with Gasteiger partial charge in [0.05, 0.1) is 23.0 Å². The van der Waals surface area contributed by atoms with E-state index in [4.69, 9.17) is 5.73 Å². The predicted molar refractivity (Wildman–Crippen MR) is 133 cm³/mol. The third-order valence-electron chi connectivity index (χ3n) is 5.80. The van der Waals surface area contributed by atoms with E-state index < -0.39 is 23.7 Å². The van der Waals surface area contributed by atoms with Crippen LogP contribution >= 0.6 is 0 Å². The maximum absolute atomic E-state index is 13.6. The molecule has 3 N–H and O–H groups in total. The first-order chi connectivity index (χ1) is 18.2. The first kappa shape index (κ1) is 26.3. The van der Waals surface area contributed by atoms with Crippen molar-refractivity contribution in [2.75, 3.05) is 11.9 Å². The average Bonchev–Trinajstić information content (AvgIpc) is 2.89. The number of nitriles is 1. The third-order valence-corrected chi connectivity index (χ3v) is 5.80. The third kappa shape index (κ3) is 5.95. The second-order valence-corrected chi connectivity index (χ2v) is 8.38. The molecule has 10 heteroatoms. The Bertz CT molecular complexity index is 1510. The van der Waals surface area contributed by atoms with Crippen LogP contribution in [0.1, 0.15) is 34.0 Å². The number of hydrogen-bond donors (Lipinski definition) is 2. The molecule has 38 heavy (non-hydrogen) atoms. The SMILES string of the molecule is N#Cc1ccccc1-c1ccc(C(C(N)=O)c2cccc(C(F)(F)F)n2)c(NCCc2cccc(F)c2)n1. The summed E-state index contributed by atoms with van der Waals surface area (Å²) in [4.78, 5) is 20.8. The Balaban J connectivity index is 1.78. The van der Waals surface area contributed by atoms with E-state index in [-0.39, 0.29) is 29.4 Å². The van der Waals surface area contributed by atoms with Gasteiger partial charge in [0.1, 0.15) is 23.2 Å². The van der Waals surface area contributed by atoms with Gasteiger partial charge >= 0.3 is 6.18 Å². The summed E-state index contributed by atoms with van der Waals surface area (Å²) in [5.74, 6) is -2.48. The lowest BCUT2D eigenvalue weighted by Gasteiger charge is -2.20. The fourth-order valence-corrected chi connectivity index (χ4v) is 4.04. The van der Waals surface area contributed by atoms with Crippen LogP contribution in [0.25, 0.3) is 11.3 Å².